The molecule has 5 aliphatic rings. The molecule has 22 N–H and O–H groups in total. The maximum Gasteiger partial charge on any atom is 0.364 e. The van der Waals surface area contributed by atoms with Crippen molar-refractivity contribution >= 4 is 17.8 Å². The van der Waals surface area contributed by atoms with Gasteiger partial charge in [-0.25, -0.2) is 4.79 Å². The number of carbonyl (C=O) groups is 3. The van der Waals surface area contributed by atoms with E-state index in [4.69, 9.17) is 47.4 Å². The van der Waals surface area contributed by atoms with Crippen molar-refractivity contribution in [3.05, 3.63) is 0 Å². The molecule has 0 saturated carbocycles. The molecule has 0 spiro atoms. The van der Waals surface area contributed by atoms with Crippen LogP contribution in [0, 0.1) is 0 Å². The number of amides is 2. The highest BCUT2D eigenvalue weighted by Crippen LogP contribution is 2.37. The van der Waals surface area contributed by atoms with Gasteiger partial charge in [-0.15, -0.1) is 0 Å². The number of aliphatic hydroxyl groups excluding tert-OH is 19. The lowest BCUT2D eigenvalue weighted by Gasteiger charge is -2.50. The van der Waals surface area contributed by atoms with E-state index in [1.807, 2.05) is 0 Å². The summed E-state index contributed by atoms with van der Waals surface area (Å²) in [4.78, 5) is 37.3. The Balaban J connectivity index is 1.37. The molecular weight excluding hydrogens is 1070 g/mol. The molecule has 0 aliphatic carbocycles. The molecule has 0 unspecified atom stereocenters. The molecule has 0 radical (unpaired) electrons. The van der Waals surface area contributed by atoms with Crippen molar-refractivity contribution in [3.8, 4) is 0 Å². The third-order valence-corrected chi connectivity index (χ3v) is 13.8. The van der Waals surface area contributed by atoms with Gasteiger partial charge in [0.25, 0.3) is 5.79 Å². The maximum atomic E-state index is 12.8. The predicted molar refractivity (Wildman–Crippen MR) is 240 cm³/mol. The summed E-state index contributed by atoms with van der Waals surface area (Å²) in [5.41, 5.74) is 0. The van der Waals surface area contributed by atoms with E-state index in [0.717, 1.165) is 13.8 Å². The van der Waals surface area contributed by atoms with Crippen LogP contribution in [0.5, 0.6) is 0 Å². The number of carboxylic acid groups (broad SMARTS) is 1. The molecule has 2 amide bonds. The molecule has 35 nitrogen and oxygen atoms in total. The number of nitrogens with one attached hydrogen (secondary N) is 2. The quantitative estimate of drug-likeness (QED) is 0.0427. The largest absolute Gasteiger partial charge is 0.477 e. The average Bonchev–Trinajstić information content (AvgIpc) is 3.52. The van der Waals surface area contributed by atoms with E-state index in [1.165, 1.54) is 6.92 Å². The van der Waals surface area contributed by atoms with Gasteiger partial charge in [-0.3, -0.25) is 9.59 Å². The van der Waals surface area contributed by atoms with Gasteiger partial charge >= 0.3 is 5.97 Å². The number of hydrogen-bond acceptors (Lipinski definition) is 32. The molecule has 0 aromatic carbocycles. The topological polar surface area (TPSA) is 572 Å². The Hall–Kier alpha value is -2.75. The fraction of sp³-hybridized carbons (Fsp3) is 0.930. The van der Waals surface area contributed by atoms with Gasteiger partial charge in [0, 0.05) is 20.3 Å². The van der Waals surface area contributed by atoms with E-state index in [1.54, 1.807) is 0 Å². The van der Waals surface area contributed by atoms with Crippen molar-refractivity contribution < 1.29 is 164 Å². The molecule has 5 rings (SSSR count). The third kappa shape index (κ3) is 14.7. The molecule has 5 heterocycles. The van der Waals surface area contributed by atoms with E-state index in [2.05, 4.69) is 10.6 Å². The number of rotatable bonds is 24. The molecule has 5 saturated heterocycles. The molecule has 5 aliphatic heterocycles. The fourth-order valence-corrected chi connectivity index (χ4v) is 9.45. The van der Waals surface area contributed by atoms with Gasteiger partial charge < -0.3 is 160 Å². The van der Waals surface area contributed by atoms with Gasteiger partial charge in [-0.2, -0.15) is 0 Å². The van der Waals surface area contributed by atoms with Crippen molar-refractivity contribution in [1.29, 1.82) is 0 Å². The fourth-order valence-electron chi connectivity index (χ4n) is 9.45. The number of aliphatic carboxylic acids is 1. The van der Waals surface area contributed by atoms with Gasteiger partial charge in [0.1, 0.15) is 134 Å². The first-order chi connectivity index (χ1) is 36.6. The first-order valence-electron chi connectivity index (χ1n) is 24.5. The number of ether oxygens (including phenoxy) is 10. The third-order valence-electron chi connectivity index (χ3n) is 13.8. The van der Waals surface area contributed by atoms with E-state index in [-0.39, 0.29) is 0 Å². The summed E-state index contributed by atoms with van der Waals surface area (Å²) in [5.74, 6) is -6.69. The smallest absolute Gasteiger partial charge is 0.364 e. The standard InChI is InChI=1S/C43H74N2O33/c1-11-23(57)28(62)30(64)39(70-11)74-33(16(55)6-47)34(17(56)7-48)75-41-32(66)37(26(60)18(8-49)71-41)77-38-22(45-13(3)52)27(61)35(19(9-50)72-38)76-40-31(65)29(63)25(59)20(73-40)10-69-43(42(67)68)4-14(53)21(44-12(2)51)36(78-43)24(58)15(54)5-46/h11,14-41,46-50,53-66H,4-10H2,1-3H3,(H,44,51)(H,45,52)(H,67,68)/t11-,14-,15+,16-,17+,18+,19+,20+,21+,22+,23+,24+,25-,26-,27+,28+,29-,30-,31+,32+,33+,34+,35+,36+,37-,38-,39-,40-,41-,43+/m0/s1. The van der Waals surface area contributed by atoms with Gasteiger partial charge in [0.2, 0.25) is 11.8 Å². The average molecular weight is 1150 g/mol. The Morgan fingerprint density at radius 1 is 0.551 bits per heavy atom. The highest BCUT2D eigenvalue weighted by atomic mass is 16.8. The second-order valence-corrected chi connectivity index (χ2v) is 19.4. The van der Waals surface area contributed by atoms with Crippen LogP contribution in [0.15, 0.2) is 0 Å². The van der Waals surface area contributed by atoms with E-state index in [9.17, 15) is 117 Å². The zero-order chi connectivity index (χ0) is 58.4. The first kappa shape index (κ1) is 66.1. The summed E-state index contributed by atoms with van der Waals surface area (Å²) in [7, 11) is 0. The maximum absolute atomic E-state index is 12.8. The number of aliphatic hydroxyl groups is 19. The highest BCUT2D eigenvalue weighted by Gasteiger charge is 2.59. The van der Waals surface area contributed by atoms with Crippen LogP contribution in [0.25, 0.3) is 0 Å². The highest BCUT2D eigenvalue weighted by molar-refractivity contribution is 5.76. The first-order valence-corrected chi connectivity index (χ1v) is 24.5. The summed E-state index contributed by atoms with van der Waals surface area (Å²) in [6.45, 7) is -3.59. The molecule has 30 atom stereocenters. The molecule has 35 heteroatoms. The Kier molecular flexibility index (Phi) is 24.1. The molecule has 0 aromatic heterocycles. The zero-order valence-corrected chi connectivity index (χ0v) is 41.9. The minimum absolute atomic E-state index is 0.794. The van der Waals surface area contributed by atoms with Gasteiger partial charge in [-0.1, -0.05) is 0 Å². The minimum Gasteiger partial charge on any atom is -0.477 e. The number of carbonyl (C=O) groups excluding carboxylic acids is 2. The molecule has 0 bridgehead atoms. The lowest BCUT2D eigenvalue weighted by atomic mass is 9.88. The van der Waals surface area contributed by atoms with Crippen LogP contribution in [0.4, 0.5) is 0 Å². The van der Waals surface area contributed by atoms with Gasteiger partial charge in [0.15, 0.2) is 25.2 Å². The van der Waals surface area contributed by atoms with Crippen LogP contribution in [-0.4, -0.2) is 343 Å². The number of hydrogen-bond donors (Lipinski definition) is 22. The van der Waals surface area contributed by atoms with Crippen LogP contribution in [0.2, 0.25) is 0 Å². The lowest BCUT2D eigenvalue weighted by Crippen LogP contribution is -2.70. The molecule has 78 heavy (non-hydrogen) atoms. The van der Waals surface area contributed by atoms with E-state index in [0.29, 0.717) is 0 Å². The summed E-state index contributed by atoms with van der Waals surface area (Å²) in [5, 5.41) is 218. The summed E-state index contributed by atoms with van der Waals surface area (Å²) < 4.78 is 56.7. The SMILES string of the molecule is CC(=O)N[C@H]1[C@H](O[C@H]2[C@@H](O)[C@@H](CO)O[C@@H](O[C@@H]([C@H](O[C@@H]3O[C@@H](C)[C@@H](O)[C@@H](O)[C@@H]3O)[C@@H](O)CO)[C@H](O)CO)[C@@H]2O)O[C@H](CO)[C@@H](O[C@@H]2O[C@H](CO[C@]3(C(=O)O)C[C@H](O)[C@@H](NC(C)=O)[C@H]([C@H](O)[C@H](O)CO)O3)[C@H](O)[C@H](O)[C@H]2O)[C@@H]1O. The zero-order valence-electron chi connectivity index (χ0n) is 41.9. The number of carboxylic acids is 1. The monoisotopic (exact) mass is 1150 g/mol. The van der Waals surface area contributed by atoms with Crippen molar-refractivity contribution in [3.63, 3.8) is 0 Å². The summed E-state index contributed by atoms with van der Waals surface area (Å²) >= 11 is 0. The van der Waals surface area contributed by atoms with Crippen LogP contribution in [0.3, 0.4) is 0 Å². The molecule has 5 fully saturated rings. The Morgan fingerprint density at radius 2 is 1.04 bits per heavy atom. The van der Waals surface area contributed by atoms with E-state index < -0.39 is 247 Å². The second-order valence-electron chi connectivity index (χ2n) is 19.4. The lowest BCUT2D eigenvalue weighted by molar-refractivity contribution is -0.379. The van der Waals surface area contributed by atoms with Gasteiger partial charge in [-0.05, 0) is 6.92 Å². The molecule has 0 aromatic rings. The summed E-state index contributed by atoms with van der Waals surface area (Å²) in [6.07, 6.45) is -55.6. The van der Waals surface area contributed by atoms with Crippen LogP contribution in [0.1, 0.15) is 27.2 Å². The van der Waals surface area contributed by atoms with Gasteiger partial charge in [0.05, 0.1) is 57.9 Å². The Morgan fingerprint density at radius 3 is 1.56 bits per heavy atom. The second kappa shape index (κ2) is 28.5. The van der Waals surface area contributed by atoms with Crippen molar-refractivity contribution in [2.75, 3.05) is 39.6 Å². The van der Waals surface area contributed by atoms with Crippen molar-refractivity contribution in [2.45, 2.75) is 211 Å². The van der Waals surface area contributed by atoms with Crippen molar-refractivity contribution in [1.82, 2.24) is 10.6 Å². The van der Waals surface area contributed by atoms with Crippen LogP contribution < -0.4 is 10.6 Å². The summed E-state index contributed by atoms with van der Waals surface area (Å²) in [6, 6.07) is -3.48. The predicted octanol–water partition coefficient (Wildman–Crippen LogP) is -13.9. The molecule has 454 valence electrons. The van der Waals surface area contributed by atoms with E-state index >= 15 is 0 Å². The Labute approximate surface area is 442 Å². The Bertz CT molecular complexity index is 1900. The molecular formula is C43H74N2O33. The minimum atomic E-state index is -2.99. The van der Waals surface area contributed by atoms with Crippen LogP contribution >= 0.6 is 0 Å². The van der Waals surface area contributed by atoms with Crippen LogP contribution in [-0.2, 0) is 61.8 Å². The van der Waals surface area contributed by atoms with Crippen molar-refractivity contribution in [2.24, 2.45) is 0 Å². The normalized spacial score (nSPS) is 43.8.